The summed E-state index contributed by atoms with van der Waals surface area (Å²) < 4.78 is 42.6. The summed E-state index contributed by atoms with van der Waals surface area (Å²) in [6.45, 7) is 2.64. The monoisotopic (exact) mass is 648 g/mol. The van der Waals surface area contributed by atoms with Crippen molar-refractivity contribution in [1.29, 1.82) is 0 Å². The Balaban J connectivity index is 1.25. The molecule has 1 aliphatic rings. The lowest BCUT2D eigenvalue weighted by Gasteiger charge is -2.24. The van der Waals surface area contributed by atoms with Crippen LogP contribution in [0.1, 0.15) is 24.0 Å². The van der Waals surface area contributed by atoms with E-state index >= 15 is 0 Å². The van der Waals surface area contributed by atoms with Gasteiger partial charge in [0.2, 0.25) is 11.9 Å². The fourth-order valence-corrected chi connectivity index (χ4v) is 5.84. The fourth-order valence-electron chi connectivity index (χ4n) is 5.57. The number of nitrogens with zero attached hydrogens (tertiary/aromatic N) is 4. The van der Waals surface area contributed by atoms with Crippen LogP contribution in [0.5, 0.6) is 0 Å². The highest BCUT2D eigenvalue weighted by atomic mass is 35.5. The highest BCUT2D eigenvalue weighted by Gasteiger charge is 2.22. The molecular weight excluding hydrogens is 617 g/mol. The minimum absolute atomic E-state index is 0.175. The van der Waals surface area contributed by atoms with Gasteiger partial charge < -0.3 is 26.3 Å². The quantitative estimate of drug-likeness (QED) is 0.154. The average molecular weight is 649 g/mol. The maximum atomic E-state index is 13.7. The molecular formula is C33H32ClF3N8O. The number of hydrogen-bond donors (Lipinski definition) is 4. The molecule has 0 radical (unpaired) electrons. The van der Waals surface area contributed by atoms with Crippen LogP contribution < -0.4 is 21.7 Å². The van der Waals surface area contributed by atoms with Gasteiger partial charge in [-0.3, -0.25) is 4.79 Å². The maximum Gasteiger partial charge on any atom is 0.241 e. The Morgan fingerprint density at radius 3 is 2.70 bits per heavy atom. The van der Waals surface area contributed by atoms with Gasteiger partial charge in [0.25, 0.3) is 0 Å². The topological polar surface area (TPSA) is 123 Å². The van der Waals surface area contributed by atoms with E-state index in [9.17, 15) is 18.0 Å². The Hall–Kier alpha value is -4.52. The molecule has 0 saturated carbocycles. The Morgan fingerprint density at radius 1 is 1.07 bits per heavy atom. The molecule has 1 fully saturated rings. The molecule has 46 heavy (non-hydrogen) atoms. The third-order valence-electron chi connectivity index (χ3n) is 7.92. The van der Waals surface area contributed by atoms with Crippen molar-refractivity contribution >= 4 is 40.3 Å². The smallest absolute Gasteiger partial charge is 0.241 e. The summed E-state index contributed by atoms with van der Waals surface area (Å²) in [6.07, 6.45) is 3.87. The van der Waals surface area contributed by atoms with Crippen LogP contribution in [-0.2, 0) is 24.3 Å². The normalized spacial score (nSPS) is 15.5. The van der Waals surface area contributed by atoms with Gasteiger partial charge in [-0.2, -0.15) is 4.98 Å². The van der Waals surface area contributed by atoms with E-state index in [0.717, 1.165) is 38.1 Å². The van der Waals surface area contributed by atoms with Crippen molar-refractivity contribution < 1.29 is 18.0 Å². The molecule has 2 aromatic heterocycles. The SMILES string of the molecule is N[C@@H](Cc1cccc(F)c1)C(=O)Nc1ccc(-c2nc3cnc(NCc4ccc(F)c(F)c4)nc3n2C[C@@H]2CCCNC2)c(Cl)c1. The predicted molar refractivity (Wildman–Crippen MR) is 172 cm³/mol. The molecule has 5 N–H and O–H groups in total. The zero-order valence-corrected chi connectivity index (χ0v) is 25.5. The van der Waals surface area contributed by atoms with Crippen molar-refractivity contribution in [2.45, 2.75) is 38.4 Å². The third-order valence-corrected chi connectivity index (χ3v) is 8.23. The summed E-state index contributed by atoms with van der Waals surface area (Å²) in [5.41, 5.74) is 9.52. The van der Waals surface area contributed by atoms with Gasteiger partial charge in [-0.05, 0) is 91.9 Å². The van der Waals surface area contributed by atoms with E-state index in [4.69, 9.17) is 27.3 Å². The number of piperidine rings is 1. The molecule has 1 saturated heterocycles. The van der Waals surface area contributed by atoms with Gasteiger partial charge in [-0.25, -0.2) is 23.1 Å². The maximum absolute atomic E-state index is 13.7. The number of benzene rings is 3. The van der Waals surface area contributed by atoms with E-state index in [-0.39, 0.29) is 13.0 Å². The summed E-state index contributed by atoms with van der Waals surface area (Å²) in [5, 5.41) is 9.68. The van der Waals surface area contributed by atoms with Gasteiger partial charge in [0.1, 0.15) is 17.2 Å². The van der Waals surface area contributed by atoms with Crippen molar-refractivity contribution in [1.82, 2.24) is 24.8 Å². The van der Waals surface area contributed by atoms with Crippen LogP contribution in [-0.4, -0.2) is 44.6 Å². The Labute approximate surface area is 268 Å². The van der Waals surface area contributed by atoms with E-state index in [1.54, 1.807) is 36.5 Å². The number of fused-ring (bicyclic) bond motifs is 1. The number of carbonyl (C=O) groups is 1. The highest BCUT2D eigenvalue weighted by molar-refractivity contribution is 6.33. The second kappa shape index (κ2) is 13.9. The first-order valence-electron chi connectivity index (χ1n) is 15.0. The number of anilines is 2. The highest BCUT2D eigenvalue weighted by Crippen LogP contribution is 2.33. The second-order valence-corrected chi connectivity index (χ2v) is 11.8. The number of carbonyl (C=O) groups excluding carboxylic acids is 1. The van der Waals surface area contributed by atoms with E-state index in [1.807, 2.05) is 4.57 Å². The molecule has 9 nitrogen and oxygen atoms in total. The number of hydrogen-bond acceptors (Lipinski definition) is 7. The summed E-state index contributed by atoms with van der Waals surface area (Å²) in [6, 6.07) is 13.9. The minimum Gasteiger partial charge on any atom is -0.350 e. The number of nitrogens with two attached hydrogens (primary N) is 1. The molecule has 13 heteroatoms. The van der Waals surface area contributed by atoms with Gasteiger partial charge in [0, 0.05) is 24.3 Å². The Kier molecular flexibility index (Phi) is 9.48. The van der Waals surface area contributed by atoms with E-state index in [0.29, 0.717) is 62.8 Å². The van der Waals surface area contributed by atoms with E-state index in [1.165, 1.54) is 18.2 Å². The lowest BCUT2D eigenvalue weighted by atomic mass is 9.99. The molecule has 6 rings (SSSR count). The van der Waals surface area contributed by atoms with Crippen LogP contribution in [0.2, 0.25) is 5.02 Å². The van der Waals surface area contributed by atoms with Crippen LogP contribution >= 0.6 is 11.6 Å². The lowest BCUT2D eigenvalue weighted by molar-refractivity contribution is -0.117. The van der Waals surface area contributed by atoms with E-state index in [2.05, 4.69) is 20.9 Å². The summed E-state index contributed by atoms with van der Waals surface area (Å²) in [7, 11) is 0. The van der Waals surface area contributed by atoms with Crippen LogP contribution in [0.4, 0.5) is 24.8 Å². The molecule has 3 aromatic carbocycles. The summed E-state index contributed by atoms with van der Waals surface area (Å²) >= 11 is 6.79. The van der Waals surface area contributed by atoms with Crippen molar-refractivity contribution in [3.8, 4) is 11.4 Å². The van der Waals surface area contributed by atoms with Crippen LogP contribution in [0.3, 0.4) is 0 Å². The molecule has 5 aromatic rings. The predicted octanol–water partition coefficient (Wildman–Crippen LogP) is 5.68. The zero-order chi connectivity index (χ0) is 32.2. The standard InChI is InChI=1S/C33H32ClF3N8O/c34-25-14-23(42-32(46)28(38)13-19-3-1-5-22(35)11-19)7-8-24(25)30-43-29-17-41-33(40-16-20-6-9-26(36)27(37)12-20)44-31(29)45(30)18-21-4-2-10-39-15-21/h1,3,5-9,11-12,14,17,21,28,39H,2,4,10,13,15-16,18,38H2,(H,42,46)(H,40,41,44)/t21-,28+/m1/s1. The molecule has 0 bridgehead atoms. The molecule has 0 aliphatic carbocycles. The van der Waals surface area contributed by atoms with Gasteiger partial charge in [-0.15, -0.1) is 0 Å². The number of rotatable bonds is 10. The van der Waals surface area contributed by atoms with Crippen molar-refractivity contribution in [2.75, 3.05) is 23.7 Å². The minimum atomic E-state index is -0.923. The number of nitrogens with one attached hydrogen (secondary N) is 3. The lowest BCUT2D eigenvalue weighted by Crippen LogP contribution is -2.37. The number of amides is 1. The van der Waals surface area contributed by atoms with Crippen molar-refractivity contribution in [2.24, 2.45) is 11.7 Å². The average Bonchev–Trinajstić information content (AvgIpc) is 3.39. The summed E-state index contributed by atoms with van der Waals surface area (Å²) in [5.74, 6) is -1.41. The van der Waals surface area contributed by atoms with Crippen molar-refractivity contribution in [3.63, 3.8) is 0 Å². The molecule has 3 heterocycles. The first kappa shape index (κ1) is 31.5. The van der Waals surface area contributed by atoms with Gasteiger partial charge in [0.05, 0.1) is 17.3 Å². The number of halogens is 4. The van der Waals surface area contributed by atoms with Crippen LogP contribution in [0, 0.1) is 23.4 Å². The van der Waals surface area contributed by atoms with Crippen LogP contribution in [0.15, 0.2) is 66.9 Å². The van der Waals surface area contributed by atoms with Gasteiger partial charge in [0.15, 0.2) is 17.3 Å². The molecule has 238 valence electrons. The number of imidazole rings is 1. The first-order valence-corrected chi connectivity index (χ1v) is 15.3. The van der Waals surface area contributed by atoms with Gasteiger partial charge >= 0.3 is 0 Å². The Bertz CT molecular complexity index is 1880. The Morgan fingerprint density at radius 2 is 1.93 bits per heavy atom. The second-order valence-electron chi connectivity index (χ2n) is 11.4. The largest absolute Gasteiger partial charge is 0.350 e. The third kappa shape index (κ3) is 7.30. The molecule has 1 amide bonds. The van der Waals surface area contributed by atoms with Crippen LogP contribution in [0.25, 0.3) is 22.6 Å². The first-order chi connectivity index (χ1) is 22.2. The molecule has 1 aliphatic heterocycles. The zero-order valence-electron chi connectivity index (χ0n) is 24.7. The molecule has 0 unspecified atom stereocenters. The molecule has 2 atom stereocenters. The van der Waals surface area contributed by atoms with Crippen molar-refractivity contribution in [3.05, 3.63) is 100 Å². The van der Waals surface area contributed by atoms with E-state index < -0.39 is 29.4 Å². The summed E-state index contributed by atoms with van der Waals surface area (Å²) in [4.78, 5) is 26.8. The number of aromatic nitrogens is 4. The van der Waals surface area contributed by atoms with Gasteiger partial charge in [-0.1, -0.05) is 29.8 Å². The molecule has 0 spiro atoms. The fraction of sp³-hybridized carbons (Fsp3) is 0.273.